The van der Waals surface area contributed by atoms with E-state index in [4.69, 9.17) is 11.5 Å². The van der Waals surface area contributed by atoms with Gasteiger partial charge in [0.25, 0.3) is 5.91 Å². The molecular weight excluding hydrogens is 228 g/mol. The molecule has 0 aliphatic carbocycles. The van der Waals surface area contributed by atoms with E-state index >= 15 is 0 Å². The van der Waals surface area contributed by atoms with Gasteiger partial charge in [0, 0.05) is 18.7 Å². The van der Waals surface area contributed by atoms with Crippen LogP contribution in [0.15, 0.2) is 18.2 Å². The second kappa shape index (κ2) is 5.73. The van der Waals surface area contributed by atoms with Crippen molar-refractivity contribution in [3.8, 4) is 0 Å². The van der Waals surface area contributed by atoms with Crippen LogP contribution in [-0.2, 0) is 0 Å². The van der Waals surface area contributed by atoms with Gasteiger partial charge >= 0.3 is 0 Å². The van der Waals surface area contributed by atoms with Crippen molar-refractivity contribution < 1.29 is 4.79 Å². The van der Waals surface area contributed by atoms with Crippen molar-refractivity contribution in [2.45, 2.75) is 25.7 Å². The van der Waals surface area contributed by atoms with Crippen LogP contribution in [0.4, 0.5) is 11.4 Å². The molecule has 0 spiro atoms. The van der Waals surface area contributed by atoms with Gasteiger partial charge in [-0.2, -0.15) is 0 Å². The Morgan fingerprint density at radius 3 is 2.33 bits per heavy atom. The lowest BCUT2D eigenvalue weighted by Gasteiger charge is -2.20. The summed E-state index contributed by atoms with van der Waals surface area (Å²) in [6.07, 6.45) is 4.73. The highest BCUT2D eigenvalue weighted by Crippen LogP contribution is 2.16. The fourth-order valence-corrected chi connectivity index (χ4v) is 2.11. The standard InChI is InChI=1S/C13H20N4O/c14-11-6-5-10(9-12(11)15)13(18)16-17-7-3-1-2-4-8-17/h5-6,9H,1-4,7-8,14-15H2,(H,16,18). The van der Waals surface area contributed by atoms with Crippen molar-refractivity contribution in [1.29, 1.82) is 0 Å². The molecule has 0 radical (unpaired) electrons. The van der Waals surface area contributed by atoms with Crippen molar-refractivity contribution in [1.82, 2.24) is 10.4 Å². The van der Waals surface area contributed by atoms with E-state index in [0.717, 1.165) is 25.9 Å². The Balaban J connectivity index is 1.99. The average Bonchev–Trinajstić information content (AvgIpc) is 2.61. The molecular formula is C13H20N4O. The van der Waals surface area contributed by atoms with Crippen LogP contribution in [-0.4, -0.2) is 24.0 Å². The highest BCUT2D eigenvalue weighted by atomic mass is 16.2. The average molecular weight is 248 g/mol. The summed E-state index contributed by atoms with van der Waals surface area (Å²) in [5, 5.41) is 1.99. The highest BCUT2D eigenvalue weighted by Gasteiger charge is 2.13. The minimum Gasteiger partial charge on any atom is -0.397 e. The van der Waals surface area contributed by atoms with E-state index in [0.29, 0.717) is 16.9 Å². The first-order chi connectivity index (χ1) is 8.66. The maximum atomic E-state index is 12.0. The summed E-state index contributed by atoms with van der Waals surface area (Å²) >= 11 is 0. The van der Waals surface area contributed by atoms with E-state index in [1.807, 2.05) is 5.01 Å². The summed E-state index contributed by atoms with van der Waals surface area (Å²) in [5.41, 5.74) is 15.7. The van der Waals surface area contributed by atoms with Gasteiger partial charge in [0.05, 0.1) is 11.4 Å². The lowest BCUT2D eigenvalue weighted by molar-refractivity contribution is 0.0794. The number of rotatable bonds is 2. The van der Waals surface area contributed by atoms with E-state index < -0.39 is 0 Å². The third-order valence-corrected chi connectivity index (χ3v) is 3.21. The Morgan fingerprint density at radius 2 is 1.72 bits per heavy atom. The number of carbonyl (C=O) groups is 1. The van der Waals surface area contributed by atoms with E-state index in [2.05, 4.69) is 5.43 Å². The minimum atomic E-state index is -0.122. The Morgan fingerprint density at radius 1 is 1.06 bits per heavy atom. The number of nitrogens with two attached hydrogens (primary N) is 2. The summed E-state index contributed by atoms with van der Waals surface area (Å²) in [7, 11) is 0. The zero-order chi connectivity index (χ0) is 13.0. The van der Waals surface area contributed by atoms with Crippen molar-refractivity contribution in [3.05, 3.63) is 23.8 Å². The summed E-state index contributed by atoms with van der Waals surface area (Å²) in [4.78, 5) is 12.0. The number of hydrogen-bond donors (Lipinski definition) is 3. The van der Waals surface area contributed by atoms with Gasteiger partial charge in [-0.3, -0.25) is 10.2 Å². The van der Waals surface area contributed by atoms with E-state index in [1.165, 1.54) is 12.8 Å². The van der Waals surface area contributed by atoms with Crippen LogP contribution in [0.5, 0.6) is 0 Å². The lowest BCUT2D eigenvalue weighted by Crippen LogP contribution is -2.42. The molecule has 1 aromatic carbocycles. The minimum absolute atomic E-state index is 0.122. The molecule has 0 aromatic heterocycles. The molecule has 1 aromatic rings. The topological polar surface area (TPSA) is 84.4 Å². The van der Waals surface area contributed by atoms with Crippen molar-refractivity contribution in [2.24, 2.45) is 0 Å². The fourth-order valence-electron chi connectivity index (χ4n) is 2.11. The summed E-state index contributed by atoms with van der Waals surface area (Å²) in [6, 6.07) is 4.97. The molecule has 1 saturated heterocycles. The zero-order valence-electron chi connectivity index (χ0n) is 10.5. The molecule has 0 atom stereocenters. The van der Waals surface area contributed by atoms with Crippen molar-refractivity contribution in [3.63, 3.8) is 0 Å². The number of nitrogens with zero attached hydrogens (tertiary/aromatic N) is 1. The van der Waals surface area contributed by atoms with Gasteiger partial charge in [-0.25, -0.2) is 5.01 Å². The third-order valence-electron chi connectivity index (χ3n) is 3.21. The van der Waals surface area contributed by atoms with Gasteiger partial charge in [0.15, 0.2) is 0 Å². The number of hydrogen-bond acceptors (Lipinski definition) is 4. The highest BCUT2D eigenvalue weighted by molar-refractivity contribution is 5.95. The molecule has 2 rings (SSSR count). The number of amides is 1. The molecule has 1 aliphatic rings. The molecule has 18 heavy (non-hydrogen) atoms. The maximum Gasteiger partial charge on any atom is 0.265 e. The zero-order valence-corrected chi connectivity index (χ0v) is 10.5. The smallest absolute Gasteiger partial charge is 0.265 e. The van der Waals surface area contributed by atoms with Crippen molar-refractivity contribution in [2.75, 3.05) is 24.6 Å². The fraction of sp³-hybridized carbons (Fsp3) is 0.462. The van der Waals surface area contributed by atoms with E-state index in [9.17, 15) is 4.79 Å². The van der Waals surface area contributed by atoms with Crippen LogP contribution in [0.25, 0.3) is 0 Å². The summed E-state index contributed by atoms with van der Waals surface area (Å²) in [5.74, 6) is -0.122. The Bertz CT molecular complexity index is 425. The quantitative estimate of drug-likeness (QED) is 0.690. The largest absolute Gasteiger partial charge is 0.397 e. The first-order valence-corrected chi connectivity index (χ1v) is 6.38. The number of nitrogens with one attached hydrogen (secondary N) is 1. The van der Waals surface area contributed by atoms with Crippen LogP contribution >= 0.6 is 0 Å². The number of anilines is 2. The van der Waals surface area contributed by atoms with Crippen LogP contribution in [0, 0.1) is 0 Å². The van der Waals surface area contributed by atoms with Gasteiger partial charge < -0.3 is 11.5 Å². The normalized spacial score (nSPS) is 17.1. The summed E-state index contributed by atoms with van der Waals surface area (Å²) in [6.45, 7) is 1.83. The molecule has 5 heteroatoms. The van der Waals surface area contributed by atoms with Crippen LogP contribution in [0.2, 0.25) is 0 Å². The number of carbonyl (C=O) groups excluding carboxylic acids is 1. The first kappa shape index (κ1) is 12.7. The second-order valence-corrected chi connectivity index (χ2v) is 4.69. The molecule has 1 heterocycles. The van der Waals surface area contributed by atoms with Crippen LogP contribution < -0.4 is 16.9 Å². The Labute approximate surface area is 107 Å². The van der Waals surface area contributed by atoms with Crippen molar-refractivity contribution >= 4 is 17.3 Å². The molecule has 1 fully saturated rings. The van der Waals surface area contributed by atoms with Gasteiger partial charge in [-0.15, -0.1) is 0 Å². The van der Waals surface area contributed by atoms with E-state index in [1.54, 1.807) is 18.2 Å². The SMILES string of the molecule is Nc1ccc(C(=O)NN2CCCCCC2)cc1N. The van der Waals surface area contributed by atoms with Gasteiger partial charge in [-0.05, 0) is 31.0 Å². The molecule has 5 N–H and O–H groups in total. The summed E-state index contributed by atoms with van der Waals surface area (Å²) < 4.78 is 0. The molecule has 1 aliphatic heterocycles. The molecule has 1 amide bonds. The molecule has 98 valence electrons. The Kier molecular flexibility index (Phi) is 4.04. The molecule has 0 unspecified atom stereocenters. The Hall–Kier alpha value is -1.75. The first-order valence-electron chi connectivity index (χ1n) is 6.38. The lowest BCUT2D eigenvalue weighted by atomic mass is 10.1. The second-order valence-electron chi connectivity index (χ2n) is 4.69. The monoisotopic (exact) mass is 248 g/mol. The van der Waals surface area contributed by atoms with Gasteiger partial charge in [0.2, 0.25) is 0 Å². The van der Waals surface area contributed by atoms with Crippen LogP contribution in [0.1, 0.15) is 36.0 Å². The number of benzene rings is 1. The van der Waals surface area contributed by atoms with Gasteiger partial charge in [0.1, 0.15) is 0 Å². The third kappa shape index (κ3) is 3.13. The maximum absolute atomic E-state index is 12.0. The van der Waals surface area contributed by atoms with Gasteiger partial charge in [-0.1, -0.05) is 12.8 Å². The molecule has 0 bridgehead atoms. The number of nitrogen functional groups attached to an aromatic ring is 2. The van der Waals surface area contributed by atoms with E-state index in [-0.39, 0.29) is 5.91 Å². The molecule has 5 nitrogen and oxygen atoms in total. The molecule has 0 saturated carbocycles. The van der Waals surface area contributed by atoms with Crippen LogP contribution in [0.3, 0.4) is 0 Å². The number of hydrazine groups is 1. The predicted octanol–water partition coefficient (Wildman–Crippen LogP) is 1.37. The predicted molar refractivity (Wildman–Crippen MR) is 72.8 cm³/mol.